The Labute approximate surface area is 201 Å². The summed E-state index contributed by atoms with van der Waals surface area (Å²) in [5.41, 5.74) is 2.82. The maximum Gasteiger partial charge on any atom is 0.253 e. The molecule has 3 heterocycles. The molecular weight excluding hydrogens is 442 g/mol. The van der Waals surface area contributed by atoms with E-state index in [2.05, 4.69) is 31.2 Å². The van der Waals surface area contributed by atoms with Crippen LogP contribution < -0.4 is 9.64 Å². The van der Waals surface area contributed by atoms with Gasteiger partial charge in [0.15, 0.2) is 17.0 Å². The molecule has 5 aromatic rings. The maximum absolute atomic E-state index is 13.2. The van der Waals surface area contributed by atoms with E-state index in [9.17, 15) is 4.79 Å². The largest absolute Gasteiger partial charge is 0.497 e. The third-order valence-electron chi connectivity index (χ3n) is 6.40. The summed E-state index contributed by atoms with van der Waals surface area (Å²) in [5.74, 6) is 1.55. The van der Waals surface area contributed by atoms with Crippen molar-refractivity contribution in [3.8, 4) is 11.4 Å². The average Bonchev–Trinajstić information content (AvgIpc) is 3.37. The molecule has 1 saturated heterocycles. The van der Waals surface area contributed by atoms with Gasteiger partial charge in [0.05, 0.1) is 12.8 Å². The number of carbonyl (C=O) groups excluding carboxylic acids is 1. The molecule has 0 atom stereocenters. The molecule has 1 aliphatic rings. The van der Waals surface area contributed by atoms with Crippen LogP contribution in [-0.4, -0.2) is 69.1 Å². The van der Waals surface area contributed by atoms with Gasteiger partial charge >= 0.3 is 0 Å². The summed E-state index contributed by atoms with van der Waals surface area (Å²) in [6.07, 6.45) is 1.54. The second-order valence-corrected chi connectivity index (χ2v) is 8.41. The number of amides is 1. The minimum absolute atomic E-state index is 0.0497. The third kappa shape index (κ3) is 3.80. The first kappa shape index (κ1) is 21.0. The Kier molecular flexibility index (Phi) is 5.21. The van der Waals surface area contributed by atoms with E-state index < -0.39 is 0 Å². The van der Waals surface area contributed by atoms with E-state index in [0.717, 1.165) is 28.0 Å². The third-order valence-corrected chi connectivity index (χ3v) is 6.40. The van der Waals surface area contributed by atoms with Crippen LogP contribution in [0.5, 0.6) is 5.75 Å². The van der Waals surface area contributed by atoms with Gasteiger partial charge in [0.1, 0.15) is 12.1 Å². The molecule has 1 amide bonds. The van der Waals surface area contributed by atoms with Gasteiger partial charge in [-0.05, 0) is 47.2 Å². The molecule has 0 bridgehead atoms. The lowest BCUT2D eigenvalue weighted by Crippen LogP contribution is -2.49. The number of ether oxygens (including phenoxy) is 1. The number of methoxy groups -OCH3 is 1. The minimum Gasteiger partial charge on any atom is -0.497 e. The molecule has 0 aliphatic carbocycles. The molecule has 2 aromatic heterocycles. The van der Waals surface area contributed by atoms with Gasteiger partial charge in [-0.25, -0.2) is 9.97 Å². The van der Waals surface area contributed by atoms with Crippen molar-refractivity contribution in [2.75, 3.05) is 38.2 Å². The predicted molar refractivity (Wildman–Crippen MR) is 133 cm³/mol. The Morgan fingerprint density at radius 3 is 2.43 bits per heavy atom. The molecule has 0 spiro atoms. The predicted octanol–water partition coefficient (Wildman–Crippen LogP) is 3.33. The van der Waals surface area contributed by atoms with Crippen molar-refractivity contribution in [1.82, 2.24) is 29.9 Å². The Hall–Kier alpha value is -4.53. The van der Waals surface area contributed by atoms with Gasteiger partial charge in [-0.15, -0.1) is 5.10 Å². The molecule has 1 fully saturated rings. The number of rotatable bonds is 4. The number of hydrogen-bond donors (Lipinski definition) is 0. The van der Waals surface area contributed by atoms with E-state index in [1.807, 2.05) is 65.6 Å². The van der Waals surface area contributed by atoms with Gasteiger partial charge in [-0.1, -0.05) is 35.5 Å². The molecule has 0 radical (unpaired) electrons. The number of nitrogens with zero attached hydrogens (tertiary/aromatic N) is 7. The first-order chi connectivity index (χ1) is 17.2. The summed E-state index contributed by atoms with van der Waals surface area (Å²) in [6.45, 7) is 2.51. The van der Waals surface area contributed by atoms with Crippen LogP contribution in [0.3, 0.4) is 0 Å². The number of benzene rings is 3. The van der Waals surface area contributed by atoms with Gasteiger partial charge < -0.3 is 14.5 Å². The molecule has 9 heteroatoms. The van der Waals surface area contributed by atoms with Crippen LogP contribution in [0, 0.1) is 0 Å². The second-order valence-electron chi connectivity index (χ2n) is 8.41. The van der Waals surface area contributed by atoms with E-state index in [0.29, 0.717) is 42.9 Å². The van der Waals surface area contributed by atoms with Crippen molar-refractivity contribution < 1.29 is 9.53 Å². The summed E-state index contributed by atoms with van der Waals surface area (Å²) in [7, 11) is 1.63. The summed E-state index contributed by atoms with van der Waals surface area (Å²) >= 11 is 0. The average molecular weight is 466 g/mol. The molecule has 0 saturated carbocycles. The van der Waals surface area contributed by atoms with Crippen LogP contribution in [-0.2, 0) is 0 Å². The highest BCUT2D eigenvalue weighted by Gasteiger charge is 2.25. The molecule has 0 unspecified atom stereocenters. The fourth-order valence-corrected chi connectivity index (χ4v) is 4.49. The zero-order valence-corrected chi connectivity index (χ0v) is 19.2. The monoisotopic (exact) mass is 465 g/mol. The zero-order valence-electron chi connectivity index (χ0n) is 19.2. The molecule has 0 N–H and O–H groups in total. The molecule has 174 valence electrons. The highest BCUT2D eigenvalue weighted by atomic mass is 16.5. The normalized spacial score (nSPS) is 14.0. The lowest BCUT2D eigenvalue weighted by molar-refractivity contribution is 0.0747. The van der Waals surface area contributed by atoms with E-state index in [1.54, 1.807) is 11.8 Å². The highest BCUT2D eigenvalue weighted by Crippen LogP contribution is 2.25. The van der Waals surface area contributed by atoms with Gasteiger partial charge in [-0.3, -0.25) is 4.79 Å². The van der Waals surface area contributed by atoms with E-state index in [4.69, 9.17) is 4.74 Å². The Morgan fingerprint density at radius 1 is 0.886 bits per heavy atom. The fraction of sp³-hybridized carbons (Fsp3) is 0.192. The summed E-state index contributed by atoms with van der Waals surface area (Å²) in [4.78, 5) is 26.1. The van der Waals surface area contributed by atoms with E-state index in [1.165, 1.54) is 6.33 Å². The zero-order chi connectivity index (χ0) is 23.8. The van der Waals surface area contributed by atoms with Gasteiger partial charge in [0.25, 0.3) is 5.91 Å². The van der Waals surface area contributed by atoms with Crippen molar-refractivity contribution >= 4 is 33.7 Å². The maximum atomic E-state index is 13.2. The Morgan fingerprint density at radius 2 is 1.66 bits per heavy atom. The number of anilines is 1. The lowest BCUT2D eigenvalue weighted by Gasteiger charge is -2.35. The first-order valence-electron chi connectivity index (χ1n) is 11.4. The first-order valence-corrected chi connectivity index (χ1v) is 11.4. The lowest BCUT2D eigenvalue weighted by atomic mass is 10.1. The van der Waals surface area contributed by atoms with Crippen molar-refractivity contribution in [1.29, 1.82) is 0 Å². The summed E-state index contributed by atoms with van der Waals surface area (Å²) < 4.78 is 6.93. The van der Waals surface area contributed by atoms with Crippen LogP contribution in [0.2, 0.25) is 0 Å². The molecule has 35 heavy (non-hydrogen) atoms. The van der Waals surface area contributed by atoms with Crippen LogP contribution in [0.4, 0.5) is 5.82 Å². The number of carbonyl (C=O) groups is 1. The molecule has 9 nitrogen and oxygen atoms in total. The Bertz CT molecular complexity index is 1520. The van der Waals surface area contributed by atoms with Crippen LogP contribution in [0.25, 0.3) is 27.6 Å². The smallest absolute Gasteiger partial charge is 0.253 e. The highest BCUT2D eigenvalue weighted by molar-refractivity contribution is 5.98. The summed E-state index contributed by atoms with van der Waals surface area (Å²) in [6, 6.07) is 21.5. The summed E-state index contributed by atoms with van der Waals surface area (Å²) in [5, 5.41) is 10.9. The standard InChI is InChI=1S/C26H23N7O2/c1-35-22-10-8-21(9-11-22)33-25-23(29-30-33)24(27-17-28-25)31-12-14-32(15-13-31)26(34)20-7-6-18-4-2-3-5-19(18)16-20/h2-11,16-17H,12-15H2,1H3. The van der Waals surface area contributed by atoms with Crippen molar-refractivity contribution in [3.63, 3.8) is 0 Å². The van der Waals surface area contributed by atoms with Crippen LogP contribution in [0.1, 0.15) is 10.4 Å². The van der Waals surface area contributed by atoms with E-state index >= 15 is 0 Å². The van der Waals surface area contributed by atoms with Crippen LogP contribution in [0.15, 0.2) is 73.1 Å². The number of aromatic nitrogens is 5. The van der Waals surface area contributed by atoms with Gasteiger partial charge in [0.2, 0.25) is 0 Å². The van der Waals surface area contributed by atoms with Gasteiger partial charge in [-0.2, -0.15) is 4.68 Å². The van der Waals surface area contributed by atoms with Crippen molar-refractivity contribution in [2.24, 2.45) is 0 Å². The van der Waals surface area contributed by atoms with Crippen molar-refractivity contribution in [2.45, 2.75) is 0 Å². The molecule has 6 rings (SSSR count). The topological polar surface area (TPSA) is 89.3 Å². The van der Waals surface area contributed by atoms with Crippen molar-refractivity contribution in [3.05, 3.63) is 78.6 Å². The number of piperazine rings is 1. The molecular formula is C26H23N7O2. The van der Waals surface area contributed by atoms with Crippen LogP contribution >= 0.6 is 0 Å². The number of fused-ring (bicyclic) bond motifs is 2. The minimum atomic E-state index is 0.0497. The SMILES string of the molecule is COc1ccc(-n2nnc3c(N4CCN(C(=O)c5ccc6ccccc6c5)CC4)ncnc32)cc1. The molecule has 3 aromatic carbocycles. The Balaban J connectivity index is 1.21. The quantitative estimate of drug-likeness (QED) is 0.402. The van der Waals surface area contributed by atoms with Gasteiger partial charge in [0, 0.05) is 31.7 Å². The van der Waals surface area contributed by atoms with E-state index in [-0.39, 0.29) is 5.91 Å². The molecule has 1 aliphatic heterocycles. The number of hydrogen-bond acceptors (Lipinski definition) is 7. The second kappa shape index (κ2) is 8.68. The fourth-order valence-electron chi connectivity index (χ4n) is 4.49.